The number of nitrogen functional groups attached to an aromatic ring is 1. The Morgan fingerprint density at radius 3 is 2.91 bits per heavy atom. The molecule has 0 aliphatic carbocycles. The van der Waals surface area contributed by atoms with Crippen molar-refractivity contribution in [2.75, 3.05) is 5.73 Å². The molecule has 0 unspecified atom stereocenters. The normalized spacial score (nSPS) is 11.1. The number of phenols is 1. The summed E-state index contributed by atoms with van der Waals surface area (Å²) in [5.74, 6) is -0.585. The zero-order valence-electron chi connectivity index (χ0n) is 11.3. The lowest BCUT2D eigenvalue weighted by molar-refractivity contribution is 0.0945. The second-order valence-corrected chi connectivity index (χ2v) is 4.46. The van der Waals surface area contributed by atoms with E-state index < -0.39 is 5.91 Å². The average Bonchev–Trinajstić information content (AvgIpc) is 2.96. The van der Waals surface area contributed by atoms with Crippen LogP contribution in [0.25, 0.3) is 10.8 Å². The number of hydrogen-bond acceptors (Lipinski definition) is 6. The molecule has 0 aliphatic rings. The number of carbonyl (C=O) groups excluding carboxylic acids is 1. The van der Waals surface area contributed by atoms with Crippen molar-refractivity contribution >= 4 is 28.8 Å². The molecule has 0 radical (unpaired) electrons. The summed E-state index contributed by atoms with van der Waals surface area (Å²) in [6.07, 6.45) is 1.37. The van der Waals surface area contributed by atoms with Crippen LogP contribution in [0.2, 0.25) is 0 Å². The standard InChI is InChI=1S/C14H12N6O2/c15-14-17-12(18-20-14)13(22)19-16-7-10-9-4-2-1-3-8(9)5-6-11(10)21/h1-7,21H,(H,19,22)(H3,15,17,18,20). The summed E-state index contributed by atoms with van der Waals surface area (Å²) in [5.41, 5.74) is 8.11. The van der Waals surface area contributed by atoms with Crippen molar-refractivity contribution < 1.29 is 9.90 Å². The van der Waals surface area contributed by atoms with E-state index in [-0.39, 0.29) is 17.5 Å². The van der Waals surface area contributed by atoms with Crippen LogP contribution < -0.4 is 11.2 Å². The molecule has 0 saturated carbocycles. The largest absolute Gasteiger partial charge is 0.507 e. The molecule has 0 saturated heterocycles. The molecular weight excluding hydrogens is 284 g/mol. The van der Waals surface area contributed by atoms with Crippen LogP contribution in [0, 0.1) is 0 Å². The Balaban J connectivity index is 1.84. The molecule has 110 valence electrons. The number of carbonyl (C=O) groups is 1. The first-order valence-corrected chi connectivity index (χ1v) is 6.37. The number of nitrogens with zero attached hydrogens (tertiary/aromatic N) is 3. The zero-order chi connectivity index (χ0) is 15.5. The summed E-state index contributed by atoms with van der Waals surface area (Å²) in [6, 6.07) is 10.9. The number of H-pyrrole nitrogens is 1. The molecule has 0 atom stereocenters. The van der Waals surface area contributed by atoms with Crippen molar-refractivity contribution in [2.24, 2.45) is 5.10 Å². The Morgan fingerprint density at radius 2 is 2.14 bits per heavy atom. The van der Waals surface area contributed by atoms with Gasteiger partial charge in [-0.1, -0.05) is 30.3 Å². The van der Waals surface area contributed by atoms with Gasteiger partial charge in [0.05, 0.1) is 6.21 Å². The first-order valence-electron chi connectivity index (χ1n) is 6.37. The number of hydrogen-bond donors (Lipinski definition) is 4. The van der Waals surface area contributed by atoms with E-state index in [0.717, 1.165) is 10.8 Å². The van der Waals surface area contributed by atoms with E-state index in [1.807, 2.05) is 24.3 Å². The fourth-order valence-corrected chi connectivity index (χ4v) is 2.00. The van der Waals surface area contributed by atoms with Crippen LogP contribution in [-0.4, -0.2) is 32.4 Å². The number of aromatic hydroxyl groups is 1. The maximum absolute atomic E-state index is 11.7. The molecule has 1 aromatic heterocycles. The van der Waals surface area contributed by atoms with E-state index in [2.05, 4.69) is 25.7 Å². The van der Waals surface area contributed by atoms with Crippen LogP contribution in [0.1, 0.15) is 16.2 Å². The monoisotopic (exact) mass is 296 g/mol. The number of phenolic OH excluding ortho intramolecular Hbond substituents is 1. The van der Waals surface area contributed by atoms with E-state index in [1.54, 1.807) is 12.1 Å². The maximum Gasteiger partial charge on any atom is 0.308 e. The summed E-state index contributed by atoms with van der Waals surface area (Å²) < 4.78 is 0. The lowest BCUT2D eigenvalue weighted by Crippen LogP contribution is -2.19. The molecule has 8 heteroatoms. The molecule has 8 nitrogen and oxygen atoms in total. The van der Waals surface area contributed by atoms with Gasteiger partial charge < -0.3 is 10.8 Å². The third-order valence-corrected chi connectivity index (χ3v) is 3.03. The molecular formula is C14H12N6O2. The lowest BCUT2D eigenvalue weighted by atomic mass is 10.0. The summed E-state index contributed by atoms with van der Waals surface area (Å²) in [7, 11) is 0. The molecule has 3 aromatic rings. The fraction of sp³-hybridized carbons (Fsp3) is 0. The van der Waals surface area contributed by atoms with Crippen molar-refractivity contribution in [3.63, 3.8) is 0 Å². The van der Waals surface area contributed by atoms with E-state index in [9.17, 15) is 9.90 Å². The molecule has 22 heavy (non-hydrogen) atoms. The van der Waals surface area contributed by atoms with Gasteiger partial charge in [-0.05, 0) is 16.8 Å². The Morgan fingerprint density at radius 1 is 1.32 bits per heavy atom. The van der Waals surface area contributed by atoms with E-state index >= 15 is 0 Å². The number of nitrogens with one attached hydrogen (secondary N) is 2. The molecule has 2 aromatic carbocycles. The van der Waals surface area contributed by atoms with Crippen molar-refractivity contribution in [1.29, 1.82) is 0 Å². The SMILES string of the molecule is Nc1n[nH]c(C(=O)NN=Cc2c(O)ccc3ccccc23)n1. The van der Waals surface area contributed by atoms with E-state index in [4.69, 9.17) is 5.73 Å². The topological polar surface area (TPSA) is 129 Å². The van der Waals surface area contributed by atoms with E-state index in [1.165, 1.54) is 6.21 Å². The Labute approximate surface area is 124 Å². The van der Waals surface area contributed by atoms with Gasteiger partial charge in [0.1, 0.15) is 5.75 Å². The quantitative estimate of drug-likeness (QED) is 0.423. The van der Waals surface area contributed by atoms with Crippen LogP contribution in [0.15, 0.2) is 41.5 Å². The highest BCUT2D eigenvalue weighted by Crippen LogP contribution is 2.25. The van der Waals surface area contributed by atoms with Gasteiger partial charge in [-0.25, -0.2) is 5.43 Å². The van der Waals surface area contributed by atoms with Gasteiger partial charge in [-0.2, -0.15) is 10.1 Å². The molecule has 3 rings (SSSR count). The van der Waals surface area contributed by atoms with Crippen molar-refractivity contribution in [3.05, 3.63) is 47.8 Å². The molecule has 0 fully saturated rings. The molecule has 0 bridgehead atoms. The van der Waals surface area contributed by atoms with Gasteiger partial charge in [0, 0.05) is 5.56 Å². The van der Waals surface area contributed by atoms with Gasteiger partial charge in [-0.15, -0.1) is 5.10 Å². The van der Waals surface area contributed by atoms with Crippen LogP contribution in [-0.2, 0) is 0 Å². The number of anilines is 1. The van der Waals surface area contributed by atoms with Crippen LogP contribution in [0.5, 0.6) is 5.75 Å². The van der Waals surface area contributed by atoms with Gasteiger partial charge in [0.2, 0.25) is 11.8 Å². The number of nitrogens with two attached hydrogens (primary N) is 1. The van der Waals surface area contributed by atoms with Crippen LogP contribution in [0.4, 0.5) is 5.95 Å². The highest BCUT2D eigenvalue weighted by Gasteiger charge is 2.09. The number of fused-ring (bicyclic) bond motifs is 1. The second kappa shape index (κ2) is 5.52. The Kier molecular flexibility index (Phi) is 3.40. The maximum atomic E-state index is 11.7. The lowest BCUT2D eigenvalue weighted by Gasteiger charge is -2.04. The summed E-state index contributed by atoms with van der Waals surface area (Å²) in [4.78, 5) is 15.4. The third kappa shape index (κ3) is 2.57. The smallest absolute Gasteiger partial charge is 0.308 e. The molecule has 1 heterocycles. The average molecular weight is 296 g/mol. The fourth-order valence-electron chi connectivity index (χ4n) is 2.00. The molecule has 0 aliphatic heterocycles. The molecule has 1 amide bonds. The predicted molar refractivity (Wildman–Crippen MR) is 81.5 cm³/mol. The summed E-state index contributed by atoms with van der Waals surface area (Å²) in [5, 5.41) is 21.5. The minimum atomic E-state index is -0.583. The van der Waals surface area contributed by atoms with Crippen LogP contribution in [0.3, 0.4) is 0 Å². The Hall–Kier alpha value is -3.42. The van der Waals surface area contributed by atoms with Gasteiger partial charge in [-0.3, -0.25) is 9.89 Å². The highest BCUT2D eigenvalue weighted by atomic mass is 16.3. The second-order valence-electron chi connectivity index (χ2n) is 4.46. The Bertz CT molecular complexity index is 871. The third-order valence-electron chi connectivity index (χ3n) is 3.03. The number of amides is 1. The zero-order valence-corrected chi connectivity index (χ0v) is 11.3. The number of rotatable bonds is 3. The van der Waals surface area contributed by atoms with Gasteiger partial charge in [0.15, 0.2) is 0 Å². The van der Waals surface area contributed by atoms with Gasteiger partial charge >= 0.3 is 5.91 Å². The number of aromatic amines is 1. The summed E-state index contributed by atoms with van der Waals surface area (Å²) in [6.45, 7) is 0. The summed E-state index contributed by atoms with van der Waals surface area (Å²) >= 11 is 0. The molecule has 0 spiro atoms. The van der Waals surface area contributed by atoms with Crippen molar-refractivity contribution in [1.82, 2.24) is 20.6 Å². The highest BCUT2D eigenvalue weighted by molar-refractivity contribution is 6.02. The number of hydrazone groups is 1. The van der Waals surface area contributed by atoms with E-state index in [0.29, 0.717) is 5.56 Å². The molecule has 5 N–H and O–H groups in total. The van der Waals surface area contributed by atoms with Crippen molar-refractivity contribution in [3.8, 4) is 5.75 Å². The minimum Gasteiger partial charge on any atom is -0.507 e. The first-order chi connectivity index (χ1) is 10.6. The minimum absolute atomic E-state index is 0.0270. The predicted octanol–water partition coefficient (Wildman–Crippen LogP) is 1.01. The number of aromatic nitrogens is 3. The van der Waals surface area contributed by atoms with Crippen molar-refractivity contribution in [2.45, 2.75) is 0 Å². The van der Waals surface area contributed by atoms with Gasteiger partial charge in [0.25, 0.3) is 0 Å². The first kappa shape index (κ1) is 13.6. The van der Waals surface area contributed by atoms with Crippen LogP contribution >= 0.6 is 0 Å². The number of benzene rings is 2.